The monoisotopic (exact) mass is 440 g/mol. The Hall–Kier alpha value is -2.24. The molecule has 1 aliphatic heterocycles. The number of nitrogens with one attached hydrogen (secondary N) is 3. The van der Waals surface area contributed by atoms with Crippen LogP contribution in [-0.4, -0.2) is 72.2 Å². The van der Waals surface area contributed by atoms with Gasteiger partial charge in [-0.3, -0.25) is 4.79 Å². The molecule has 0 aromatic carbocycles. The highest BCUT2D eigenvalue weighted by Gasteiger charge is 2.21. The molecule has 0 unspecified atom stereocenters. The van der Waals surface area contributed by atoms with Crippen LogP contribution in [0.4, 0.5) is 20.5 Å². The number of aliphatic hydroxyl groups excluding tert-OH is 1. The summed E-state index contributed by atoms with van der Waals surface area (Å²) < 4.78 is 28.4. The Bertz CT molecular complexity index is 738. The fourth-order valence-electron chi connectivity index (χ4n) is 3.69. The van der Waals surface area contributed by atoms with Crippen LogP contribution < -0.4 is 16.0 Å². The summed E-state index contributed by atoms with van der Waals surface area (Å²) in [6, 6.07) is 0.0298. The number of aromatic nitrogens is 2. The first-order valence-electron chi connectivity index (χ1n) is 10.8. The van der Waals surface area contributed by atoms with E-state index in [1.807, 2.05) is 0 Å². The number of hydrogen-bond acceptors (Lipinski definition) is 8. The van der Waals surface area contributed by atoms with Crippen molar-refractivity contribution >= 4 is 23.9 Å². The van der Waals surface area contributed by atoms with Gasteiger partial charge < -0.3 is 25.8 Å². The fourth-order valence-corrected chi connectivity index (χ4v) is 3.69. The Morgan fingerprint density at radius 3 is 2.87 bits per heavy atom. The number of aliphatic hydroxyl groups is 1. The minimum absolute atomic E-state index is 0.0298. The predicted molar refractivity (Wildman–Crippen MR) is 112 cm³/mol. The average Bonchev–Trinajstić information content (AvgIpc) is 2.77. The molecule has 0 radical (unpaired) electrons. The summed E-state index contributed by atoms with van der Waals surface area (Å²) in [6.45, 7) is -1.30. The molecule has 1 aromatic rings. The van der Waals surface area contributed by atoms with E-state index < -0.39 is 6.61 Å². The van der Waals surface area contributed by atoms with Gasteiger partial charge in [0.25, 0.3) is 5.91 Å². The third-order valence-corrected chi connectivity index (χ3v) is 5.42. The predicted octanol–water partition coefficient (Wildman–Crippen LogP) is 1.86. The van der Waals surface area contributed by atoms with E-state index in [1.165, 1.54) is 6.20 Å². The maximum atomic E-state index is 12.8. The number of amides is 1. The van der Waals surface area contributed by atoms with E-state index in [2.05, 4.69) is 35.6 Å². The zero-order valence-corrected chi connectivity index (χ0v) is 17.4. The van der Waals surface area contributed by atoms with Crippen molar-refractivity contribution in [2.75, 3.05) is 31.6 Å². The van der Waals surface area contributed by atoms with Crippen molar-refractivity contribution in [2.24, 2.45) is 10.9 Å². The summed E-state index contributed by atoms with van der Waals surface area (Å²) in [5.41, 5.74) is 0.257. The highest BCUT2D eigenvalue weighted by Crippen LogP contribution is 2.24. The molecule has 3 rings (SSSR count). The number of nitrogens with zero attached hydrogens (tertiary/aromatic N) is 3. The van der Waals surface area contributed by atoms with Gasteiger partial charge in [-0.2, -0.15) is 13.8 Å². The molecular formula is C20H30F2N6O3. The fraction of sp³-hybridized carbons (Fsp3) is 0.700. The van der Waals surface area contributed by atoms with E-state index in [9.17, 15) is 18.7 Å². The second kappa shape index (κ2) is 12.0. The van der Waals surface area contributed by atoms with Gasteiger partial charge in [-0.25, -0.2) is 9.98 Å². The Kier molecular flexibility index (Phi) is 9.04. The SMILES string of the molecule is O=C(N[C@H]1CCCNC1)c1cnc(NCCOC(F)F)nc1N=CC1CCC(O)CC1. The molecule has 1 saturated carbocycles. The molecule has 1 atom stereocenters. The van der Waals surface area contributed by atoms with Gasteiger partial charge in [0, 0.05) is 31.5 Å². The van der Waals surface area contributed by atoms with E-state index in [0.29, 0.717) is 6.54 Å². The van der Waals surface area contributed by atoms with Crippen molar-refractivity contribution in [1.82, 2.24) is 20.6 Å². The third kappa shape index (κ3) is 7.75. The van der Waals surface area contributed by atoms with Crippen molar-refractivity contribution in [2.45, 2.75) is 57.3 Å². The Morgan fingerprint density at radius 2 is 2.16 bits per heavy atom. The number of halogens is 2. The number of hydrogen-bond donors (Lipinski definition) is 4. The standard InChI is InChI=1S/C20H30F2N6O3/c21-19(22)31-9-8-24-20-26-12-16(18(30)27-14-2-1-7-23-11-14)17(28-20)25-10-13-3-5-15(29)6-4-13/h10,12-15,19,23,29H,1-9,11H2,(H,27,30)(H,24,26,28)/t13?,14-,15?/m0/s1. The smallest absolute Gasteiger partial charge is 0.345 e. The van der Waals surface area contributed by atoms with Crippen molar-refractivity contribution < 1.29 is 23.4 Å². The van der Waals surface area contributed by atoms with E-state index in [4.69, 9.17) is 0 Å². The summed E-state index contributed by atoms with van der Waals surface area (Å²) in [6.07, 6.45) is 7.88. The molecule has 1 aliphatic carbocycles. The number of ether oxygens (including phenoxy) is 1. The average molecular weight is 440 g/mol. The second-order valence-corrected chi connectivity index (χ2v) is 7.85. The van der Waals surface area contributed by atoms with Crippen molar-refractivity contribution in [1.29, 1.82) is 0 Å². The van der Waals surface area contributed by atoms with Crippen LogP contribution in [0.1, 0.15) is 48.9 Å². The first kappa shape index (κ1) is 23.4. The number of carbonyl (C=O) groups is 1. The summed E-state index contributed by atoms with van der Waals surface area (Å²) in [7, 11) is 0. The number of piperidine rings is 1. The molecule has 2 aliphatic rings. The molecule has 1 amide bonds. The van der Waals surface area contributed by atoms with Gasteiger partial charge in [0.1, 0.15) is 5.56 Å². The van der Waals surface area contributed by atoms with Crippen LogP contribution in [0.25, 0.3) is 0 Å². The summed E-state index contributed by atoms with van der Waals surface area (Å²) in [5.74, 6) is 0.305. The Morgan fingerprint density at radius 1 is 1.35 bits per heavy atom. The lowest BCUT2D eigenvalue weighted by molar-refractivity contribution is -0.125. The minimum atomic E-state index is -2.84. The largest absolute Gasteiger partial charge is 0.393 e. The van der Waals surface area contributed by atoms with Crippen LogP contribution in [0, 0.1) is 5.92 Å². The highest BCUT2D eigenvalue weighted by molar-refractivity contribution is 5.98. The van der Waals surface area contributed by atoms with Crippen LogP contribution in [0.3, 0.4) is 0 Å². The Balaban J connectivity index is 1.70. The van der Waals surface area contributed by atoms with Gasteiger partial charge in [0.05, 0.1) is 12.7 Å². The molecule has 172 valence electrons. The number of anilines is 1. The van der Waals surface area contributed by atoms with Crippen molar-refractivity contribution in [3.05, 3.63) is 11.8 Å². The summed E-state index contributed by atoms with van der Waals surface area (Å²) in [4.78, 5) is 25.7. The van der Waals surface area contributed by atoms with Gasteiger partial charge in [-0.1, -0.05) is 0 Å². The van der Waals surface area contributed by atoms with E-state index in [1.54, 1.807) is 6.21 Å². The highest BCUT2D eigenvalue weighted by atomic mass is 19.3. The molecule has 1 aromatic heterocycles. The maximum Gasteiger partial charge on any atom is 0.345 e. The van der Waals surface area contributed by atoms with Gasteiger partial charge in [-0.05, 0) is 51.0 Å². The number of aliphatic imine (C=N–C) groups is 1. The molecule has 4 N–H and O–H groups in total. The molecule has 11 heteroatoms. The summed E-state index contributed by atoms with van der Waals surface area (Å²) >= 11 is 0. The lowest BCUT2D eigenvalue weighted by atomic mass is 9.88. The molecule has 9 nitrogen and oxygen atoms in total. The lowest BCUT2D eigenvalue weighted by Gasteiger charge is -2.24. The van der Waals surface area contributed by atoms with Crippen LogP contribution >= 0.6 is 0 Å². The molecule has 1 saturated heterocycles. The zero-order chi connectivity index (χ0) is 22.1. The Labute approximate surface area is 180 Å². The first-order valence-corrected chi connectivity index (χ1v) is 10.8. The quantitative estimate of drug-likeness (QED) is 0.342. The molecule has 0 bridgehead atoms. The minimum Gasteiger partial charge on any atom is -0.393 e. The van der Waals surface area contributed by atoms with Crippen molar-refractivity contribution in [3.63, 3.8) is 0 Å². The molecular weight excluding hydrogens is 410 g/mol. The van der Waals surface area contributed by atoms with Crippen molar-refractivity contribution in [3.8, 4) is 0 Å². The van der Waals surface area contributed by atoms with Crippen LogP contribution in [0.5, 0.6) is 0 Å². The number of alkyl halides is 2. The van der Waals surface area contributed by atoms with E-state index >= 15 is 0 Å². The number of rotatable bonds is 9. The number of carbonyl (C=O) groups excluding carboxylic acids is 1. The van der Waals surface area contributed by atoms with Crippen LogP contribution in [0.15, 0.2) is 11.2 Å². The van der Waals surface area contributed by atoms with Gasteiger partial charge in [0.15, 0.2) is 5.82 Å². The van der Waals surface area contributed by atoms with Crippen LogP contribution in [-0.2, 0) is 4.74 Å². The van der Waals surface area contributed by atoms with Gasteiger partial charge in [0.2, 0.25) is 5.95 Å². The van der Waals surface area contributed by atoms with E-state index in [-0.39, 0.29) is 54.5 Å². The second-order valence-electron chi connectivity index (χ2n) is 7.85. The molecule has 0 spiro atoms. The maximum absolute atomic E-state index is 12.8. The zero-order valence-electron chi connectivity index (χ0n) is 17.4. The van der Waals surface area contributed by atoms with Crippen LogP contribution in [0.2, 0.25) is 0 Å². The topological polar surface area (TPSA) is 121 Å². The third-order valence-electron chi connectivity index (χ3n) is 5.42. The normalized spacial score (nSPS) is 24.5. The lowest BCUT2D eigenvalue weighted by Crippen LogP contribution is -2.45. The first-order chi connectivity index (χ1) is 15.0. The van der Waals surface area contributed by atoms with E-state index in [0.717, 1.165) is 45.1 Å². The molecule has 2 heterocycles. The van der Waals surface area contributed by atoms with Gasteiger partial charge in [-0.15, -0.1) is 0 Å². The summed E-state index contributed by atoms with van der Waals surface area (Å²) in [5, 5.41) is 18.7. The molecule has 31 heavy (non-hydrogen) atoms. The molecule has 2 fully saturated rings. The van der Waals surface area contributed by atoms with Gasteiger partial charge >= 0.3 is 6.61 Å².